The summed E-state index contributed by atoms with van der Waals surface area (Å²) in [6.07, 6.45) is 1.55. The van der Waals surface area contributed by atoms with E-state index >= 15 is 0 Å². The van der Waals surface area contributed by atoms with E-state index in [1.165, 1.54) is 11.1 Å². The molecule has 19 heavy (non-hydrogen) atoms. The Balaban J connectivity index is 1.99. The summed E-state index contributed by atoms with van der Waals surface area (Å²) in [6, 6.07) is 9.75. The number of pyridine rings is 1. The molecule has 0 unspecified atom stereocenters. The summed E-state index contributed by atoms with van der Waals surface area (Å²) >= 11 is 0. The summed E-state index contributed by atoms with van der Waals surface area (Å²) in [5.41, 5.74) is 14.4. The van der Waals surface area contributed by atoms with E-state index in [1.54, 1.807) is 12.3 Å². The number of fused-ring (bicyclic) bond motifs is 1. The Bertz CT molecular complexity index is 629. The van der Waals surface area contributed by atoms with Gasteiger partial charge in [0.1, 0.15) is 5.82 Å². The zero-order valence-corrected chi connectivity index (χ0v) is 10.3. The third kappa shape index (κ3) is 1.99. The van der Waals surface area contributed by atoms with Gasteiger partial charge in [-0.1, -0.05) is 24.3 Å². The number of amides is 1. The highest BCUT2D eigenvalue weighted by molar-refractivity contribution is 5.98. The van der Waals surface area contributed by atoms with Gasteiger partial charge in [-0.25, -0.2) is 4.98 Å². The van der Waals surface area contributed by atoms with Crippen LogP contribution in [0, 0.1) is 0 Å². The van der Waals surface area contributed by atoms with E-state index in [9.17, 15) is 4.79 Å². The lowest BCUT2D eigenvalue weighted by atomic mass is 10.1. The van der Waals surface area contributed by atoms with E-state index in [-0.39, 0.29) is 0 Å². The molecular weight excluding hydrogens is 240 g/mol. The fourth-order valence-electron chi connectivity index (χ4n) is 2.39. The molecule has 0 fully saturated rings. The molecule has 0 bridgehead atoms. The topological polar surface area (TPSA) is 85.2 Å². The van der Waals surface area contributed by atoms with E-state index in [2.05, 4.69) is 17.1 Å². The average Bonchev–Trinajstić information content (AvgIpc) is 2.82. The van der Waals surface area contributed by atoms with Crippen molar-refractivity contribution in [1.29, 1.82) is 0 Å². The summed E-state index contributed by atoms with van der Waals surface area (Å²) in [7, 11) is 0. The first-order valence-electron chi connectivity index (χ1n) is 6.02. The van der Waals surface area contributed by atoms with Crippen LogP contribution in [0.1, 0.15) is 21.5 Å². The largest absolute Gasteiger partial charge is 0.397 e. The van der Waals surface area contributed by atoms with Gasteiger partial charge in [-0.15, -0.1) is 0 Å². The standard InChI is InChI=1S/C14H14N4O/c15-11-5-12(13(16)19)14(17-6-11)18-7-9-3-1-2-4-10(9)8-18/h1-6H,7-8,15H2,(H2,16,19). The normalized spacial score (nSPS) is 13.4. The molecule has 2 heterocycles. The zero-order valence-electron chi connectivity index (χ0n) is 10.3. The Morgan fingerprint density at radius 2 is 1.84 bits per heavy atom. The zero-order chi connectivity index (χ0) is 13.4. The number of benzene rings is 1. The van der Waals surface area contributed by atoms with Crippen molar-refractivity contribution in [2.24, 2.45) is 5.73 Å². The molecule has 5 heteroatoms. The van der Waals surface area contributed by atoms with E-state index < -0.39 is 5.91 Å². The second-order valence-corrected chi connectivity index (χ2v) is 4.63. The molecule has 96 valence electrons. The van der Waals surface area contributed by atoms with Gasteiger partial charge in [0.25, 0.3) is 5.91 Å². The molecule has 1 aliphatic heterocycles. The van der Waals surface area contributed by atoms with E-state index in [0.29, 0.717) is 17.1 Å². The minimum Gasteiger partial charge on any atom is -0.397 e. The number of primary amides is 1. The van der Waals surface area contributed by atoms with Crippen LogP contribution < -0.4 is 16.4 Å². The fraction of sp³-hybridized carbons (Fsp3) is 0.143. The van der Waals surface area contributed by atoms with Gasteiger partial charge >= 0.3 is 0 Å². The second kappa shape index (κ2) is 4.28. The van der Waals surface area contributed by atoms with Gasteiger partial charge in [-0.2, -0.15) is 0 Å². The van der Waals surface area contributed by atoms with Crippen molar-refractivity contribution < 1.29 is 4.79 Å². The Labute approximate surface area is 110 Å². The molecule has 1 aromatic heterocycles. The first-order chi connectivity index (χ1) is 9.15. The minimum atomic E-state index is -0.509. The van der Waals surface area contributed by atoms with Crippen LogP contribution >= 0.6 is 0 Å². The van der Waals surface area contributed by atoms with Gasteiger partial charge in [-0.3, -0.25) is 4.79 Å². The Hall–Kier alpha value is -2.56. The highest BCUT2D eigenvalue weighted by Crippen LogP contribution is 2.29. The lowest BCUT2D eigenvalue weighted by Crippen LogP contribution is -2.22. The molecule has 5 nitrogen and oxygen atoms in total. The van der Waals surface area contributed by atoms with E-state index in [1.807, 2.05) is 17.0 Å². The Morgan fingerprint density at radius 1 is 1.21 bits per heavy atom. The first kappa shape index (κ1) is 11.5. The molecule has 0 radical (unpaired) electrons. The number of anilines is 2. The lowest BCUT2D eigenvalue weighted by molar-refractivity contribution is 0.100. The van der Waals surface area contributed by atoms with Crippen LogP contribution in [0.25, 0.3) is 0 Å². The molecule has 1 aromatic carbocycles. The van der Waals surface area contributed by atoms with Crippen molar-refractivity contribution in [1.82, 2.24) is 4.98 Å². The number of nitrogen functional groups attached to an aromatic ring is 1. The smallest absolute Gasteiger partial charge is 0.252 e. The summed E-state index contributed by atoms with van der Waals surface area (Å²) in [5, 5.41) is 0. The van der Waals surface area contributed by atoms with Gasteiger partial charge < -0.3 is 16.4 Å². The highest BCUT2D eigenvalue weighted by atomic mass is 16.1. The van der Waals surface area contributed by atoms with Gasteiger partial charge in [-0.05, 0) is 17.2 Å². The number of carbonyl (C=O) groups is 1. The van der Waals surface area contributed by atoms with Crippen LogP contribution in [0.5, 0.6) is 0 Å². The summed E-state index contributed by atoms with van der Waals surface area (Å²) in [4.78, 5) is 17.8. The Kier molecular flexibility index (Phi) is 2.59. The maximum absolute atomic E-state index is 11.5. The van der Waals surface area contributed by atoms with Gasteiger partial charge in [0.05, 0.1) is 17.4 Å². The molecule has 0 atom stereocenters. The molecule has 2 aromatic rings. The number of nitrogens with zero attached hydrogens (tertiary/aromatic N) is 2. The summed E-state index contributed by atoms with van der Waals surface area (Å²) < 4.78 is 0. The van der Waals surface area contributed by atoms with Gasteiger partial charge in [0, 0.05) is 13.1 Å². The van der Waals surface area contributed by atoms with Crippen molar-refractivity contribution in [3.05, 3.63) is 53.2 Å². The number of hydrogen-bond donors (Lipinski definition) is 2. The molecule has 0 saturated heterocycles. The molecule has 0 aliphatic carbocycles. The maximum Gasteiger partial charge on any atom is 0.252 e. The van der Waals surface area contributed by atoms with Crippen molar-refractivity contribution in [3.8, 4) is 0 Å². The second-order valence-electron chi connectivity index (χ2n) is 4.63. The van der Waals surface area contributed by atoms with Crippen LogP contribution in [0.2, 0.25) is 0 Å². The summed E-state index contributed by atoms with van der Waals surface area (Å²) in [6.45, 7) is 1.46. The van der Waals surface area contributed by atoms with Crippen LogP contribution in [0.15, 0.2) is 36.5 Å². The van der Waals surface area contributed by atoms with E-state index in [0.717, 1.165) is 13.1 Å². The number of aromatic nitrogens is 1. The summed E-state index contributed by atoms with van der Waals surface area (Å²) in [5.74, 6) is 0.0867. The molecule has 3 rings (SSSR count). The number of nitrogens with two attached hydrogens (primary N) is 2. The molecule has 0 spiro atoms. The molecule has 4 N–H and O–H groups in total. The molecule has 1 aliphatic rings. The first-order valence-corrected chi connectivity index (χ1v) is 6.02. The van der Waals surface area contributed by atoms with Crippen molar-refractivity contribution >= 4 is 17.4 Å². The van der Waals surface area contributed by atoms with Crippen LogP contribution in [0.4, 0.5) is 11.5 Å². The fourth-order valence-corrected chi connectivity index (χ4v) is 2.39. The monoisotopic (exact) mass is 254 g/mol. The molecule has 1 amide bonds. The quantitative estimate of drug-likeness (QED) is 0.845. The van der Waals surface area contributed by atoms with Gasteiger partial charge in [0.2, 0.25) is 0 Å². The third-order valence-corrected chi connectivity index (χ3v) is 3.29. The number of carbonyl (C=O) groups excluding carboxylic acids is 1. The number of rotatable bonds is 2. The van der Waals surface area contributed by atoms with Crippen LogP contribution in [-0.4, -0.2) is 10.9 Å². The third-order valence-electron chi connectivity index (χ3n) is 3.29. The highest BCUT2D eigenvalue weighted by Gasteiger charge is 2.23. The lowest BCUT2D eigenvalue weighted by Gasteiger charge is -2.19. The van der Waals surface area contributed by atoms with Crippen molar-refractivity contribution in [3.63, 3.8) is 0 Å². The maximum atomic E-state index is 11.5. The SMILES string of the molecule is NC(=O)c1cc(N)cnc1N1Cc2ccccc2C1. The molecule has 0 saturated carbocycles. The van der Waals surface area contributed by atoms with Crippen LogP contribution in [-0.2, 0) is 13.1 Å². The van der Waals surface area contributed by atoms with Crippen LogP contribution in [0.3, 0.4) is 0 Å². The van der Waals surface area contributed by atoms with Crippen molar-refractivity contribution in [2.45, 2.75) is 13.1 Å². The van der Waals surface area contributed by atoms with Gasteiger partial charge in [0.15, 0.2) is 0 Å². The van der Waals surface area contributed by atoms with Crippen molar-refractivity contribution in [2.75, 3.05) is 10.6 Å². The predicted octanol–water partition coefficient (Wildman–Crippen LogP) is 1.28. The predicted molar refractivity (Wildman–Crippen MR) is 73.5 cm³/mol. The average molecular weight is 254 g/mol. The molecular formula is C14H14N4O. The number of hydrogen-bond acceptors (Lipinski definition) is 4. The minimum absolute atomic E-state index is 0.368. The Morgan fingerprint density at radius 3 is 2.42 bits per heavy atom. The van der Waals surface area contributed by atoms with E-state index in [4.69, 9.17) is 11.5 Å².